The normalized spacial score (nSPS) is 18.0. The topological polar surface area (TPSA) is 86.3 Å². The number of halogens is 1. The molecule has 1 aromatic heterocycles. The van der Waals surface area contributed by atoms with Crippen LogP contribution in [-0.2, 0) is 9.53 Å². The Morgan fingerprint density at radius 1 is 1.48 bits per heavy atom. The van der Waals surface area contributed by atoms with E-state index in [1.165, 1.54) is 17.1 Å². The number of hydrogen-bond donors (Lipinski definition) is 1. The minimum absolute atomic E-state index is 0.134. The van der Waals surface area contributed by atoms with E-state index in [2.05, 4.69) is 16.7 Å². The largest absolute Gasteiger partial charge is 0.377 e. The quantitative estimate of drug-likeness (QED) is 0.862. The molecule has 1 aliphatic heterocycles. The Hall–Kier alpha value is -2.38. The lowest BCUT2D eigenvalue weighted by molar-refractivity contribution is -0.134. The first-order chi connectivity index (χ1) is 11.1. The van der Waals surface area contributed by atoms with Crippen LogP contribution in [0.15, 0.2) is 37.2 Å². The number of carbonyl (C=O) groups is 1. The summed E-state index contributed by atoms with van der Waals surface area (Å²) in [5.41, 5.74) is 7.13. The molecule has 0 aliphatic carbocycles. The van der Waals surface area contributed by atoms with Crippen molar-refractivity contribution in [2.45, 2.75) is 6.04 Å². The maximum atomic E-state index is 12.1. The smallest absolute Gasteiger partial charge is 0.246 e. The molecule has 2 N–H and O–H groups in total. The van der Waals surface area contributed by atoms with Crippen molar-refractivity contribution in [2.24, 2.45) is 0 Å². The fourth-order valence-electron chi connectivity index (χ4n) is 2.58. The van der Waals surface area contributed by atoms with Crippen LogP contribution in [0.4, 0.5) is 5.95 Å². The van der Waals surface area contributed by atoms with E-state index in [4.69, 9.17) is 22.1 Å². The van der Waals surface area contributed by atoms with E-state index < -0.39 is 0 Å². The third kappa shape index (κ3) is 3.20. The molecule has 120 valence electrons. The van der Waals surface area contributed by atoms with Crippen molar-refractivity contribution in [1.29, 1.82) is 0 Å². The number of anilines is 1. The first kappa shape index (κ1) is 15.5. The van der Waals surface area contributed by atoms with E-state index in [1.807, 2.05) is 12.1 Å². The van der Waals surface area contributed by atoms with Crippen LogP contribution in [-0.4, -0.2) is 45.3 Å². The molecular formula is C15H16ClN5O2. The Morgan fingerprint density at radius 2 is 2.30 bits per heavy atom. The van der Waals surface area contributed by atoms with Crippen LogP contribution in [0.2, 0.25) is 5.02 Å². The predicted molar refractivity (Wildman–Crippen MR) is 86.3 cm³/mol. The van der Waals surface area contributed by atoms with Gasteiger partial charge in [-0.2, -0.15) is 0 Å². The van der Waals surface area contributed by atoms with E-state index in [9.17, 15) is 4.79 Å². The molecule has 3 rings (SSSR count). The van der Waals surface area contributed by atoms with Crippen LogP contribution in [0.1, 0.15) is 11.6 Å². The fourth-order valence-corrected chi connectivity index (χ4v) is 2.82. The minimum atomic E-state index is -0.229. The highest BCUT2D eigenvalue weighted by molar-refractivity contribution is 6.30. The van der Waals surface area contributed by atoms with E-state index in [1.54, 1.807) is 11.0 Å². The van der Waals surface area contributed by atoms with Gasteiger partial charge in [-0.25, -0.2) is 9.67 Å². The number of nitrogens with two attached hydrogens (primary N) is 1. The minimum Gasteiger partial charge on any atom is -0.377 e. The summed E-state index contributed by atoms with van der Waals surface area (Å²) in [6.07, 6.45) is 2.82. The highest BCUT2D eigenvalue weighted by atomic mass is 35.5. The van der Waals surface area contributed by atoms with E-state index in [-0.39, 0.29) is 17.9 Å². The number of morpholine rings is 1. The lowest BCUT2D eigenvalue weighted by Gasteiger charge is -2.35. The van der Waals surface area contributed by atoms with Crippen molar-refractivity contribution in [2.75, 3.05) is 25.5 Å². The number of rotatable bonds is 3. The average Bonchev–Trinajstić information content (AvgIpc) is 3.00. The number of hydrogen-bond acceptors (Lipinski definition) is 5. The molecule has 0 radical (unpaired) electrons. The van der Waals surface area contributed by atoms with E-state index >= 15 is 0 Å². The molecule has 7 nitrogen and oxygen atoms in total. The van der Waals surface area contributed by atoms with Gasteiger partial charge in [0.05, 0.1) is 24.9 Å². The van der Waals surface area contributed by atoms with E-state index in [0.717, 1.165) is 5.56 Å². The Kier molecular flexibility index (Phi) is 4.31. The van der Waals surface area contributed by atoms with Crippen LogP contribution in [0, 0.1) is 0 Å². The van der Waals surface area contributed by atoms with Crippen molar-refractivity contribution >= 4 is 23.5 Å². The van der Waals surface area contributed by atoms with Gasteiger partial charge in [0.2, 0.25) is 11.9 Å². The molecule has 0 spiro atoms. The third-order valence-electron chi connectivity index (χ3n) is 3.65. The molecule has 23 heavy (non-hydrogen) atoms. The van der Waals surface area contributed by atoms with Gasteiger partial charge in [0.25, 0.3) is 0 Å². The Bertz CT molecular complexity index is 745. The highest BCUT2D eigenvalue weighted by Crippen LogP contribution is 2.29. The molecule has 1 amide bonds. The van der Waals surface area contributed by atoms with Gasteiger partial charge in [0, 0.05) is 11.6 Å². The highest BCUT2D eigenvalue weighted by Gasteiger charge is 2.28. The molecular weight excluding hydrogens is 318 g/mol. The maximum absolute atomic E-state index is 12.1. The summed E-state index contributed by atoms with van der Waals surface area (Å²) >= 11 is 6.23. The average molecular weight is 334 g/mol. The molecule has 1 atom stereocenters. The molecule has 0 bridgehead atoms. The summed E-state index contributed by atoms with van der Waals surface area (Å²) in [4.78, 5) is 17.7. The molecule has 1 saturated heterocycles. The van der Waals surface area contributed by atoms with Gasteiger partial charge in [-0.3, -0.25) is 4.79 Å². The second-order valence-corrected chi connectivity index (χ2v) is 5.55. The predicted octanol–water partition coefficient (Wildman–Crippen LogP) is 1.59. The van der Waals surface area contributed by atoms with Gasteiger partial charge in [0.15, 0.2) is 0 Å². The zero-order chi connectivity index (χ0) is 16.4. The van der Waals surface area contributed by atoms with Crippen LogP contribution in [0.5, 0.6) is 0 Å². The van der Waals surface area contributed by atoms with Crippen molar-refractivity contribution < 1.29 is 9.53 Å². The van der Waals surface area contributed by atoms with Gasteiger partial charge in [0.1, 0.15) is 6.33 Å². The summed E-state index contributed by atoms with van der Waals surface area (Å²) in [6, 6.07) is 5.23. The van der Waals surface area contributed by atoms with Crippen molar-refractivity contribution in [1.82, 2.24) is 19.7 Å². The maximum Gasteiger partial charge on any atom is 0.246 e. The Labute approximate surface area is 138 Å². The summed E-state index contributed by atoms with van der Waals surface area (Å²) in [5, 5.41) is 4.61. The number of nitrogen functional groups attached to an aromatic ring is 1. The molecule has 1 fully saturated rings. The second kappa shape index (κ2) is 6.39. The summed E-state index contributed by atoms with van der Waals surface area (Å²) in [6.45, 7) is 4.97. The second-order valence-electron chi connectivity index (χ2n) is 5.12. The zero-order valence-electron chi connectivity index (χ0n) is 12.4. The van der Waals surface area contributed by atoms with Crippen LogP contribution < -0.4 is 5.73 Å². The number of benzene rings is 1. The van der Waals surface area contributed by atoms with Crippen molar-refractivity contribution in [3.63, 3.8) is 0 Å². The van der Waals surface area contributed by atoms with Crippen LogP contribution in [0.25, 0.3) is 5.69 Å². The Morgan fingerprint density at radius 3 is 3.00 bits per heavy atom. The molecule has 1 aliphatic rings. The first-order valence-corrected chi connectivity index (χ1v) is 7.45. The van der Waals surface area contributed by atoms with Gasteiger partial charge in [-0.15, -0.1) is 5.10 Å². The van der Waals surface area contributed by atoms with Gasteiger partial charge >= 0.3 is 0 Å². The van der Waals surface area contributed by atoms with Crippen LogP contribution >= 0.6 is 11.6 Å². The lowest BCUT2D eigenvalue weighted by Crippen LogP contribution is -2.42. The summed E-state index contributed by atoms with van der Waals surface area (Å²) in [5.74, 6) is 0.0424. The number of amides is 1. The summed E-state index contributed by atoms with van der Waals surface area (Å²) in [7, 11) is 0. The molecule has 2 aromatic rings. The lowest BCUT2D eigenvalue weighted by atomic mass is 10.0. The number of aromatic nitrogens is 3. The van der Waals surface area contributed by atoms with Crippen LogP contribution in [0.3, 0.4) is 0 Å². The number of nitrogens with zero attached hydrogens (tertiary/aromatic N) is 4. The summed E-state index contributed by atoms with van der Waals surface area (Å²) < 4.78 is 7.06. The zero-order valence-corrected chi connectivity index (χ0v) is 13.1. The van der Waals surface area contributed by atoms with Gasteiger partial charge < -0.3 is 15.4 Å². The Balaban J connectivity index is 1.99. The number of carbonyl (C=O) groups excluding carboxylic acids is 1. The molecule has 0 saturated carbocycles. The molecule has 2 heterocycles. The van der Waals surface area contributed by atoms with E-state index in [0.29, 0.717) is 30.5 Å². The monoisotopic (exact) mass is 333 g/mol. The molecule has 1 aromatic carbocycles. The van der Waals surface area contributed by atoms with Gasteiger partial charge in [-0.1, -0.05) is 18.2 Å². The van der Waals surface area contributed by atoms with Gasteiger partial charge in [-0.05, 0) is 29.8 Å². The molecule has 0 unspecified atom stereocenters. The fraction of sp³-hybridized carbons (Fsp3) is 0.267. The molecule has 8 heteroatoms. The van der Waals surface area contributed by atoms with Crippen molar-refractivity contribution in [3.8, 4) is 5.69 Å². The number of ether oxygens (including phenoxy) is 1. The standard InChI is InChI=1S/C15H16ClN5O2/c1-2-14(22)20-3-4-23-8-13(20)10-5-11(16)7-12(6-10)21-9-18-15(17)19-21/h2,5-7,9,13H,1,3-4,8H2,(H2,17,19)/t13-/m0/s1. The van der Waals surface area contributed by atoms with Crippen molar-refractivity contribution in [3.05, 3.63) is 47.8 Å². The third-order valence-corrected chi connectivity index (χ3v) is 3.87. The first-order valence-electron chi connectivity index (χ1n) is 7.07. The SMILES string of the molecule is C=CC(=O)N1CCOC[C@H]1c1cc(Cl)cc(-n2cnc(N)n2)c1.